The molecule has 0 saturated carbocycles. The van der Waals surface area contributed by atoms with Crippen LogP contribution in [0.15, 0.2) is 60.7 Å². The average molecular weight is 279 g/mol. The lowest BCUT2D eigenvalue weighted by molar-refractivity contribution is 0.107. The largest absolute Gasteiger partial charge is 0.372 e. The SMILES string of the molecule is NNc1nc2ccccc2cc1COCc1ccccc1. The summed E-state index contributed by atoms with van der Waals surface area (Å²) >= 11 is 0. The van der Waals surface area contributed by atoms with E-state index in [4.69, 9.17) is 10.6 Å². The van der Waals surface area contributed by atoms with E-state index in [0.717, 1.165) is 22.0 Å². The molecule has 21 heavy (non-hydrogen) atoms. The molecule has 4 heteroatoms. The van der Waals surface area contributed by atoms with Gasteiger partial charge >= 0.3 is 0 Å². The summed E-state index contributed by atoms with van der Waals surface area (Å²) in [5.41, 5.74) is 5.66. The highest BCUT2D eigenvalue weighted by atomic mass is 16.5. The topological polar surface area (TPSA) is 60.2 Å². The van der Waals surface area contributed by atoms with E-state index < -0.39 is 0 Å². The highest BCUT2D eigenvalue weighted by Crippen LogP contribution is 2.20. The zero-order chi connectivity index (χ0) is 14.5. The first-order chi connectivity index (χ1) is 10.4. The summed E-state index contributed by atoms with van der Waals surface area (Å²) in [6.07, 6.45) is 0. The number of aromatic nitrogens is 1. The lowest BCUT2D eigenvalue weighted by atomic mass is 10.1. The fraction of sp³-hybridized carbons (Fsp3) is 0.118. The van der Waals surface area contributed by atoms with Gasteiger partial charge in [-0.2, -0.15) is 0 Å². The van der Waals surface area contributed by atoms with Gasteiger partial charge in [0.2, 0.25) is 0 Å². The van der Waals surface area contributed by atoms with Gasteiger partial charge in [-0.25, -0.2) is 10.8 Å². The molecule has 0 aliphatic rings. The van der Waals surface area contributed by atoms with E-state index in [1.807, 2.05) is 54.6 Å². The number of anilines is 1. The van der Waals surface area contributed by atoms with Gasteiger partial charge < -0.3 is 10.2 Å². The first-order valence-corrected chi connectivity index (χ1v) is 6.84. The highest BCUT2D eigenvalue weighted by molar-refractivity contribution is 5.81. The van der Waals surface area contributed by atoms with Crippen LogP contribution in [0.5, 0.6) is 0 Å². The smallest absolute Gasteiger partial charge is 0.146 e. The van der Waals surface area contributed by atoms with Crippen LogP contribution in [-0.4, -0.2) is 4.98 Å². The molecule has 0 spiro atoms. The summed E-state index contributed by atoms with van der Waals surface area (Å²) in [7, 11) is 0. The number of nitrogens with zero attached hydrogens (tertiary/aromatic N) is 1. The predicted octanol–water partition coefficient (Wildman–Crippen LogP) is 3.24. The number of nitrogens with one attached hydrogen (secondary N) is 1. The number of fused-ring (bicyclic) bond motifs is 1. The van der Waals surface area contributed by atoms with E-state index >= 15 is 0 Å². The first-order valence-electron chi connectivity index (χ1n) is 6.84. The molecular weight excluding hydrogens is 262 g/mol. The molecule has 1 aromatic heterocycles. The molecule has 3 N–H and O–H groups in total. The molecule has 106 valence electrons. The number of para-hydroxylation sites is 1. The van der Waals surface area contributed by atoms with Crippen molar-refractivity contribution in [2.45, 2.75) is 13.2 Å². The van der Waals surface area contributed by atoms with Gasteiger partial charge in [0.15, 0.2) is 0 Å². The number of nitrogens with two attached hydrogens (primary N) is 1. The van der Waals surface area contributed by atoms with Crippen LogP contribution in [0.3, 0.4) is 0 Å². The van der Waals surface area contributed by atoms with E-state index in [9.17, 15) is 0 Å². The van der Waals surface area contributed by atoms with Crippen molar-refractivity contribution in [2.24, 2.45) is 5.84 Å². The van der Waals surface area contributed by atoms with Crippen LogP contribution in [0.4, 0.5) is 5.82 Å². The first kappa shape index (κ1) is 13.5. The molecule has 4 nitrogen and oxygen atoms in total. The molecule has 3 rings (SSSR count). The Morgan fingerprint density at radius 1 is 0.952 bits per heavy atom. The highest BCUT2D eigenvalue weighted by Gasteiger charge is 2.06. The monoisotopic (exact) mass is 279 g/mol. The number of pyridine rings is 1. The maximum Gasteiger partial charge on any atom is 0.146 e. The Morgan fingerprint density at radius 2 is 1.71 bits per heavy atom. The van der Waals surface area contributed by atoms with Crippen molar-refractivity contribution in [3.05, 3.63) is 71.8 Å². The van der Waals surface area contributed by atoms with Crippen molar-refractivity contribution in [1.29, 1.82) is 0 Å². The van der Waals surface area contributed by atoms with E-state index in [2.05, 4.69) is 16.5 Å². The van der Waals surface area contributed by atoms with Gasteiger partial charge in [-0.15, -0.1) is 0 Å². The van der Waals surface area contributed by atoms with Crippen LogP contribution < -0.4 is 11.3 Å². The zero-order valence-corrected chi connectivity index (χ0v) is 11.6. The van der Waals surface area contributed by atoms with Crippen LogP contribution in [0.2, 0.25) is 0 Å². The Hall–Kier alpha value is -2.43. The minimum absolute atomic E-state index is 0.465. The normalized spacial score (nSPS) is 10.7. The van der Waals surface area contributed by atoms with E-state index in [1.165, 1.54) is 0 Å². The second kappa shape index (κ2) is 6.35. The Morgan fingerprint density at radius 3 is 2.52 bits per heavy atom. The van der Waals surface area contributed by atoms with Crippen molar-refractivity contribution in [2.75, 3.05) is 5.43 Å². The third-order valence-corrected chi connectivity index (χ3v) is 3.31. The summed E-state index contributed by atoms with van der Waals surface area (Å²) in [5, 5.41) is 1.08. The molecule has 0 aliphatic carbocycles. The molecular formula is C17H17N3O. The van der Waals surface area contributed by atoms with Gasteiger partial charge in [0, 0.05) is 10.9 Å². The average Bonchev–Trinajstić information content (AvgIpc) is 2.55. The summed E-state index contributed by atoms with van der Waals surface area (Å²) < 4.78 is 5.76. The van der Waals surface area contributed by atoms with Crippen molar-refractivity contribution >= 4 is 16.7 Å². The number of hydrogen-bond donors (Lipinski definition) is 2. The van der Waals surface area contributed by atoms with E-state index in [1.54, 1.807) is 0 Å². The number of ether oxygens (including phenoxy) is 1. The van der Waals surface area contributed by atoms with Crippen molar-refractivity contribution < 1.29 is 4.74 Å². The van der Waals surface area contributed by atoms with E-state index in [0.29, 0.717) is 19.0 Å². The second-order valence-electron chi connectivity index (χ2n) is 4.81. The summed E-state index contributed by atoms with van der Waals surface area (Å²) in [6.45, 7) is 1.03. The molecule has 2 aromatic carbocycles. The Balaban J connectivity index is 1.76. The third kappa shape index (κ3) is 3.18. The van der Waals surface area contributed by atoms with Crippen LogP contribution >= 0.6 is 0 Å². The predicted molar refractivity (Wildman–Crippen MR) is 84.5 cm³/mol. The molecule has 0 atom stereocenters. The van der Waals surface area contributed by atoms with Crippen LogP contribution in [-0.2, 0) is 18.0 Å². The molecule has 0 unspecified atom stereocenters. The minimum atomic E-state index is 0.465. The maximum absolute atomic E-state index is 5.76. The Bertz CT molecular complexity index is 728. The fourth-order valence-electron chi connectivity index (χ4n) is 2.25. The Labute approximate surface area is 123 Å². The van der Waals surface area contributed by atoms with Gasteiger partial charge in [0.25, 0.3) is 0 Å². The molecule has 0 bridgehead atoms. The van der Waals surface area contributed by atoms with Gasteiger partial charge in [0.1, 0.15) is 5.82 Å². The molecule has 0 radical (unpaired) electrons. The quantitative estimate of drug-likeness (QED) is 0.556. The lowest BCUT2D eigenvalue weighted by Gasteiger charge is -2.10. The molecule has 1 heterocycles. The summed E-state index contributed by atoms with van der Waals surface area (Å²) in [6, 6.07) is 20.1. The molecule has 3 aromatic rings. The Kier molecular flexibility index (Phi) is 4.09. The molecule has 0 saturated heterocycles. The number of hydrazine groups is 1. The number of nitrogen functional groups attached to an aromatic ring is 1. The standard InChI is InChI=1S/C17H17N3O/c18-20-17-15(10-14-8-4-5-9-16(14)19-17)12-21-11-13-6-2-1-3-7-13/h1-10H,11-12,18H2,(H,19,20). The van der Waals surface area contributed by atoms with E-state index in [-0.39, 0.29) is 0 Å². The van der Waals surface area contributed by atoms with Gasteiger partial charge in [0.05, 0.1) is 18.7 Å². The van der Waals surface area contributed by atoms with Crippen molar-refractivity contribution in [3.63, 3.8) is 0 Å². The maximum atomic E-state index is 5.76. The van der Waals surface area contributed by atoms with Crippen LogP contribution in [0, 0.1) is 0 Å². The zero-order valence-electron chi connectivity index (χ0n) is 11.6. The number of benzene rings is 2. The van der Waals surface area contributed by atoms with Crippen LogP contribution in [0.25, 0.3) is 10.9 Å². The number of rotatable bonds is 5. The third-order valence-electron chi connectivity index (χ3n) is 3.31. The van der Waals surface area contributed by atoms with Crippen molar-refractivity contribution in [1.82, 2.24) is 4.98 Å². The molecule has 0 fully saturated rings. The van der Waals surface area contributed by atoms with Gasteiger partial charge in [-0.05, 0) is 17.7 Å². The van der Waals surface area contributed by atoms with Crippen LogP contribution in [0.1, 0.15) is 11.1 Å². The minimum Gasteiger partial charge on any atom is -0.372 e. The van der Waals surface area contributed by atoms with Crippen molar-refractivity contribution in [3.8, 4) is 0 Å². The number of hydrogen-bond acceptors (Lipinski definition) is 4. The lowest BCUT2D eigenvalue weighted by Crippen LogP contribution is -2.12. The summed E-state index contributed by atoms with van der Waals surface area (Å²) in [5.74, 6) is 6.21. The molecule has 0 aliphatic heterocycles. The van der Waals surface area contributed by atoms with Gasteiger partial charge in [-0.1, -0.05) is 48.5 Å². The summed E-state index contributed by atoms with van der Waals surface area (Å²) in [4.78, 5) is 4.50. The van der Waals surface area contributed by atoms with Gasteiger partial charge in [-0.3, -0.25) is 0 Å². The second-order valence-corrected chi connectivity index (χ2v) is 4.81. The molecule has 0 amide bonds. The fourth-order valence-corrected chi connectivity index (χ4v) is 2.25.